The van der Waals surface area contributed by atoms with Gasteiger partial charge in [-0.1, -0.05) is 28.1 Å². The molecule has 1 amide bonds. The van der Waals surface area contributed by atoms with Gasteiger partial charge in [0, 0.05) is 35.7 Å². The number of halogens is 1. The average Bonchev–Trinajstić information content (AvgIpc) is 3.10. The van der Waals surface area contributed by atoms with E-state index >= 15 is 0 Å². The Morgan fingerprint density at radius 1 is 1.36 bits per heavy atom. The van der Waals surface area contributed by atoms with Crippen molar-refractivity contribution in [3.05, 3.63) is 50.6 Å². The molecule has 1 heterocycles. The van der Waals surface area contributed by atoms with Crippen LogP contribution < -0.4 is 10.6 Å². The maximum atomic E-state index is 12.2. The number of likely N-dealkylation sites (N-methyl/N-ethyl adjacent to an activating group) is 1. The van der Waals surface area contributed by atoms with Crippen molar-refractivity contribution in [2.24, 2.45) is 4.99 Å². The number of benzene rings is 1. The zero-order valence-corrected chi connectivity index (χ0v) is 17.1. The number of aryl methyl sites for hydroxylation is 1. The third kappa shape index (κ3) is 6.17. The number of hydrogen-bond acceptors (Lipinski definition) is 3. The Morgan fingerprint density at radius 3 is 2.84 bits per heavy atom. The highest BCUT2D eigenvalue weighted by Gasteiger charge is 2.10. The summed E-state index contributed by atoms with van der Waals surface area (Å²) in [6.45, 7) is 2.97. The fourth-order valence-electron chi connectivity index (χ4n) is 2.31. The summed E-state index contributed by atoms with van der Waals surface area (Å²) < 4.78 is 0.936. The topological polar surface area (TPSA) is 56.7 Å². The number of rotatable bonds is 6. The molecule has 7 heteroatoms. The van der Waals surface area contributed by atoms with Gasteiger partial charge in [0.1, 0.15) is 0 Å². The SMILES string of the molecule is CN=C(NCC(=O)Nc1cc(Br)ccc1C)N(C)CCc1cccs1. The molecule has 0 radical (unpaired) electrons. The van der Waals surface area contributed by atoms with Gasteiger partial charge < -0.3 is 15.5 Å². The van der Waals surface area contributed by atoms with Gasteiger partial charge in [-0.25, -0.2) is 0 Å². The molecule has 0 spiro atoms. The van der Waals surface area contributed by atoms with Gasteiger partial charge in [-0.3, -0.25) is 9.79 Å². The van der Waals surface area contributed by atoms with E-state index in [1.807, 2.05) is 37.1 Å². The molecular formula is C18H23BrN4OS. The molecule has 0 saturated carbocycles. The average molecular weight is 423 g/mol. The van der Waals surface area contributed by atoms with E-state index in [2.05, 4.69) is 49.1 Å². The minimum atomic E-state index is -0.103. The van der Waals surface area contributed by atoms with Crippen LogP contribution in [0.3, 0.4) is 0 Å². The molecule has 2 N–H and O–H groups in total. The van der Waals surface area contributed by atoms with Crippen LogP contribution in [0.25, 0.3) is 0 Å². The summed E-state index contributed by atoms with van der Waals surface area (Å²) in [4.78, 5) is 19.8. The lowest BCUT2D eigenvalue weighted by molar-refractivity contribution is -0.115. The largest absolute Gasteiger partial charge is 0.347 e. The number of aliphatic imine (C=N–C) groups is 1. The lowest BCUT2D eigenvalue weighted by atomic mass is 10.2. The number of anilines is 1. The van der Waals surface area contributed by atoms with Crippen LogP contribution in [0.15, 0.2) is 45.2 Å². The second-order valence-corrected chi connectivity index (χ2v) is 7.61. The number of carbonyl (C=O) groups excluding carboxylic acids is 1. The Morgan fingerprint density at radius 2 is 2.16 bits per heavy atom. The molecule has 0 aliphatic heterocycles. The maximum absolute atomic E-state index is 12.2. The van der Waals surface area contributed by atoms with E-state index in [1.165, 1.54) is 4.88 Å². The van der Waals surface area contributed by atoms with E-state index in [-0.39, 0.29) is 12.5 Å². The van der Waals surface area contributed by atoms with Crippen LogP contribution in [0, 0.1) is 6.92 Å². The fraction of sp³-hybridized carbons (Fsp3) is 0.333. The van der Waals surface area contributed by atoms with Crippen LogP contribution in [0.5, 0.6) is 0 Å². The molecule has 2 rings (SSSR count). The first-order valence-corrected chi connectivity index (χ1v) is 9.67. The molecule has 0 atom stereocenters. The smallest absolute Gasteiger partial charge is 0.243 e. The van der Waals surface area contributed by atoms with Crippen molar-refractivity contribution in [1.29, 1.82) is 0 Å². The molecule has 25 heavy (non-hydrogen) atoms. The summed E-state index contributed by atoms with van der Waals surface area (Å²) in [6.07, 6.45) is 0.957. The van der Waals surface area contributed by atoms with E-state index in [0.717, 1.165) is 28.7 Å². The molecule has 0 fully saturated rings. The molecule has 0 unspecified atom stereocenters. The number of guanidine groups is 1. The summed E-state index contributed by atoms with van der Waals surface area (Å²) in [5.41, 5.74) is 1.83. The predicted molar refractivity (Wildman–Crippen MR) is 110 cm³/mol. The quantitative estimate of drug-likeness (QED) is 0.552. The highest BCUT2D eigenvalue weighted by atomic mass is 79.9. The number of nitrogens with one attached hydrogen (secondary N) is 2. The van der Waals surface area contributed by atoms with Gasteiger partial charge in [0.25, 0.3) is 0 Å². The molecular weight excluding hydrogens is 400 g/mol. The highest BCUT2D eigenvalue weighted by Crippen LogP contribution is 2.20. The predicted octanol–water partition coefficient (Wildman–Crippen LogP) is 3.51. The Bertz CT molecular complexity index is 731. The standard InChI is InChI=1S/C18H23BrN4OS/c1-13-6-7-14(19)11-16(13)22-17(24)12-21-18(20-2)23(3)9-8-15-5-4-10-25-15/h4-7,10-11H,8-9,12H2,1-3H3,(H,20,21)(H,22,24). The molecule has 0 bridgehead atoms. The van der Waals surface area contributed by atoms with Crippen molar-refractivity contribution in [3.63, 3.8) is 0 Å². The first-order chi connectivity index (χ1) is 12.0. The van der Waals surface area contributed by atoms with Gasteiger partial charge in [0.05, 0.1) is 6.54 Å². The number of nitrogens with zero attached hydrogens (tertiary/aromatic N) is 2. The van der Waals surface area contributed by atoms with E-state index in [1.54, 1.807) is 18.4 Å². The molecule has 5 nitrogen and oxygen atoms in total. The summed E-state index contributed by atoms with van der Waals surface area (Å²) in [5, 5.41) is 8.11. The van der Waals surface area contributed by atoms with Gasteiger partial charge in [-0.2, -0.15) is 0 Å². The van der Waals surface area contributed by atoms with Gasteiger partial charge in [0.15, 0.2) is 5.96 Å². The highest BCUT2D eigenvalue weighted by molar-refractivity contribution is 9.10. The Kier molecular flexibility index (Phi) is 7.46. The first-order valence-electron chi connectivity index (χ1n) is 7.99. The van der Waals surface area contributed by atoms with Crippen molar-refractivity contribution in [2.45, 2.75) is 13.3 Å². The van der Waals surface area contributed by atoms with Crippen molar-refractivity contribution in [3.8, 4) is 0 Å². The molecule has 2 aromatic rings. The lowest BCUT2D eigenvalue weighted by Gasteiger charge is -2.21. The summed E-state index contributed by atoms with van der Waals surface area (Å²) in [6, 6.07) is 10.00. The monoisotopic (exact) mass is 422 g/mol. The third-order valence-corrected chi connectivity index (χ3v) is 5.16. The molecule has 0 aliphatic carbocycles. The van der Waals surface area contributed by atoms with E-state index in [4.69, 9.17) is 0 Å². The molecule has 134 valence electrons. The fourth-order valence-corrected chi connectivity index (χ4v) is 3.37. The number of thiophene rings is 1. The zero-order valence-electron chi connectivity index (χ0n) is 14.7. The van der Waals surface area contributed by atoms with Crippen LogP contribution in [0.2, 0.25) is 0 Å². The summed E-state index contributed by atoms with van der Waals surface area (Å²) in [7, 11) is 3.69. The maximum Gasteiger partial charge on any atom is 0.243 e. The van der Waals surface area contributed by atoms with Crippen molar-refractivity contribution >= 4 is 44.8 Å². The van der Waals surface area contributed by atoms with Crippen LogP contribution in [0.4, 0.5) is 5.69 Å². The van der Waals surface area contributed by atoms with Gasteiger partial charge >= 0.3 is 0 Å². The third-order valence-electron chi connectivity index (χ3n) is 3.73. The number of carbonyl (C=O) groups is 1. The van der Waals surface area contributed by atoms with Gasteiger partial charge in [-0.05, 0) is 42.5 Å². The zero-order chi connectivity index (χ0) is 18.2. The Hall–Kier alpha value is -1.86. The Balaban J connectivity index is 1.83. The minimum absolute atomic E-state index is 0.103. The summed E-state index contributed by atoms with van der Waals surface area (Å²) >= 11 is 5.17. The summed E-state index contributed by atoms with van der Waals surface area (Å²) in [5.74, 6) is 0.603. The molecule has 0 aliphatic rings. The van der Waals surface area contributed by atoms with Crippen molar-refractivity contribution < 1.29 is 4.79 Å². The molecule has 0 saturated heterocycles. The van der Waals surface area contributed by atoms with Crippen molar-refractivity contribution in [1.82, 2.24) is 10.2 Å². The van der Waals surface area contributed by atoms with Gasteiger partial charge in [0.2, 0.25) is 5.91 Å². The van der Waals surface area contributed by atoms with Crippen molar-refractivity contribution in [2.75, 3.05) is 32.5 Å². The van der Waals surface area contributed by atoms with Crippen LogP contribution in [-0.2, 0) is 11.2 Å². The van der Waals surface area contributed by atoms with E-state index < -0.39 is 0 Å². The van der Waals surface area contributed by atoms with Gasteiger partial charge in [-0.15, -0.1) is 11.3 Å². The number of amides is 1. The second-order valence-electron chi connectivity index (χ2n) is 5.66. The van der Waals surface area contributed by atoms with E-state index in [0.29, 0.717) is 5.96 Å². The lowest BCUT2D eigenvalue weighted by Crippen LogP contribution is -2.43. The Labute approximate surface area is 161 Å². The number of hydrogen-bond donors (Lipinski definition) is 2. The first kappa shape index (κ1) is 19.5. The van der Waals surface area contributed by atoms with Crippen LogP contribution >= 0.6 is 27.3 Å². The normalized spacial score (nSPS) is 11.3. The molecule has 1 aromatic carbocycles. The van der Waals surface area contributed by atoms with Crippen LogP contribution in [0.1, 0.15) is 10.4 Å². The minimum Gasteiger partial charge on any atom is -0.347 e. The van der Waals surface area contributed by atoms with Crippen LogP contribution in [-0.4, -0.2) is 44.0 Å². The molecule has 1 aromatic heterocycles. The van der Waals surface area contributed by atoms with E-state index in [9.17, 15) is 4.79 Å². The second kappa shape index (κ2) is 9.58.